The normalized spacial score (nSPS) is 18.8. The maximum absolute atomic E-state index is 13.8. The van der Waals surface area contributed by atoms with Crippen molar-refractivity contribution in [2.75, 3.05) is 6.54 Å². The SMILES string of the molecule is CC(NCC(F)(F)c1ccccc1)C1CCC1. The van der Waals surface area contributed by atoms with Crippen molar-refractivity contribution in [1.82, 2.24) is 5.32 Å². The zero-order chi connectivity index (χ0) is 12.3. The quantitative estimate of drug-likeness (QED) is 0.828. The van der Waals surface area contributed by atoms with Crippen molar-refractivity contribution in [3.8, 4) is 0 Å². The van der Waals surface area contributed by atoms with Gasteiger partial charge in [-0.3, -0.25) is 0 Å². The summed E-state index contributed by atoms with van der Waals surface area (Å²) in [5, 5.41) is 2.97. The molecular formula is C14H19F2N. The van der Waals surface area contributed by atoms with Crippen LogP contribution in [0.2, 0.25) is 0 Å². The number of benzene rings is 1. The number of hydrogen-bond donors (Lipinski definition) is 1. The highest BCUT2D eigenvalue weighted by molar-refractivity contribution is 5.20. The van der Waals surface area contributed by atoms with E-state index < -0.39 is 5.92 Å². The minimum Gasteiger partial charge on any atom is -0.308 e. The molecule has 0 amide bonds. The monoisotopic (exact) mass is 239 g/mol. The fourth-order valence-corrected chi connectivity index (χ4v) is 2.18. The summed E-state index contributed by atoms with van der Waals surface area (Å²) in [6, 6.07) is 8.21. The highest BCUT2D eigenvalue weighted by Crippen LogP contribution is 2.31. The molecule has 1 aliphatic carbocycles. The van der Waals surface area contributed by atoms with E-state index in [-0.39, 0.29) is 18.2 Å². The summed E-state index contributed by atoms with van der Waals surface area (Å²) in [7, 11) is 0. The van der Waals surface area contributed by atoms with Crippen molar-refractivity contribution in [3.05, 3.63) is 35.9 Å². The summed E-state index contributed by atoms with van der Waals surface area (Å²) in [5.41, 5.74) is 0.0910. The van der Waals surface area contributed by atoms with E-state index in [1.165, 1.54) is 31.4 Å². The molecule has 0 bridgehead atoms. The molecule has 1 nitrogen and oxygen atoms in total. The van der Waals surface area contributed by atoms with Gasteiger partial charge in [0.1, 0.15) is 0 Å². The Morgan fingerprint density at radius 1 is 1.29 bits per heavy atom. The van der Waals surface area contributed by atoms with Crippen LogP contribution < -0.4 is 5.32 Å². The summed E-state index contributed by atoms with van der Waals surface area (Å²) < 4.78 is 27.7. The van der Waals surface area contributed by atoms with Crippen molar-refractivity contribution in [3.63, 3.8) is 0 Å². The van der Waals surface area contributed by atoms with E-state index in [1.807, 2.05) is 6.92 Å². The second-order valence-electron chi connectivity index (χ2n) is 4.93. The molecule has 2 rings (SSSR count). The van der Waals surface area contributed by atoms with Crippen molar-refractivity contribution >= 4 is 0 Å². The second kappa shape index (κ2) is 5.13. The van der Waals surface area contributed by atoms with Crippen LogP contribution in [0.25, 0.3) is 0 Å². The Labute approximate surface area is 101 Å². The molecule has 0 aromatic heterocycles. The van der Waals surface area contributed by atoms with Gasteiger partial charge in [-0.2, -0.15) is 8.78 Å². The van der Waals surface area contributed by atoms with Crippen LogP contribution in [0.5, 0.6) is 0 Å². The molecule has 1 unspecified atom stereocenters. The first-order valence-corrected chi connectivity index (χ1v) is 6.26. The number of hydrogen-bond acceptors (Lipinski definition) is 1. The molecule has 3 heteroatoms. The lowest BCUT2D eigenvalue weighted by molar-refractivity contribution is -0.00835. The van der Waals surface area contributed by atoms with Gasteiger partial charge in [-0.1, -0.05) is 36.8 Å². The third-order valence-corrected chi connectivity index (χ3v) is 3.70. The Balaban J connectivity index is 1.88. The van der Waals surface area contributed by atoms with Gasteiger partial charge in [-0.15, -0.1) is 0 Å². The Morgan fingerprint density at radius 3 is 2.47 bits per heavy atom. The molecule has 94 valence electrons. The fraction of sp³-hybridized carbons (Fsp3) is 0.571. The predicted molar refractivity (Wildman–Crippen MR) is 65.1 cm³/mol. The number of rotatable bonds is 5. The standard InChI is InChI=1S/C14H19F2N/c1-11(12-6-5-7-12)17-10-14(15,16)13-8-3-2-4-9-13/h2-4,8-9,11-12,17H,5-7,10H2,1H3. The number of halogens is 2. The van der Waals surface area contributed by atoms with E-state index in [9.17, 15) is 8.78 Å². The molecular weight excluding hydrogens is 220 g/mol. The predicted octanol–water partition coefficient (Wildman–Crippen LogP) is 3.56. The van der Waals surface area contributed by atoms with Crippen LogP contribution in [0.15, 0.2) is 30.3 Å². The molecule has 0 radical (unpaired) electrons. The molecule has 1 aliphatic rings. The summed E-state index contributed by atoms with van der Waals surface area (Å²) in [6.07, 6.45) is 3.59. The van der Waals surface area contributed by atoms with Gasteiger partial charge in [0.25, 0.3) is 5.92 Å². The van der Waals surface area contributed by atoms with Crippen LogP contribution in [0.1, 0.15) is 31.7 Å². The molecule has 17 heavy (non-hydrogen) atoms. The van der Waals surface area contributed by atoms with Gasteiger partial charge < -0.3 is 5.32 Å². The molecule has 0 spiro atoms. The maximum atomic E-state index is 13.8. The molecule has 0 aliphatic heterocycles. The third kappa shape index (κ3) is 3.03. The topological polar surface area (TPSA) is 12.0 Å². The number of nitrogens with one attached hydrogen (secondary N) is 1. The molecule has 0 heterocycles. The highest BCUT2D eigenvalue weighted by Gasteiger charge is 2.33. The van der Waals surface area contributed by atoms with E-state index in [2.05, 4.69) is 5.32 Å². The molecule has 0 saturated heterocycles. The third-order valence-electron chi connectivity index (χ3n) is 3.70. The average Bonchev–Trinajstić information content (AvgIpc) is 2.25. The van der Waals surface area contributed by atoms with Crippen LogP contribution in [-0.2, 0) is 5.92 Å². The van der Waals surface area contributed by atoms with E-state index in [4.69, 9.17) is 0 Å². The van der Waals surface area contributed by atoms with Crippen molar-refractivity contribution in [2.45, 2.75) is 38.2 Å². The lowest BCUT2D eigenvalue weighted by atomic mass is 9.80. The fourth-order valence-electron chi connectivity index (χ4n) is 2.18. The van der Waals surface area contributed by atoms with Gasteiger partial charge in [0, 0.05) is 11.6 Å². The van der Waals surface area contributed by atoms with Crippen LogP contribution in [0.4, 0.5) is 8.78 Å². The van der Waals surface area contributed by atoms with E-state index in [0.29, 0.717) is 5.92 Å². The largest absolute Gasteiger partial charge is 0.308 e. The van der Waals surface area contributed by atoms with Gasteiger partial charge in [0.05, 0.1) is 6.54 Å². The summed E-state index contributed by atoms with van der Waals surface area (Å²) in [5.74, 6) is -2.19. The van der Waals surface area contributed by atoms with E-state index >= 15 is 0 Å². The smallest absolute Gasteiger partial charge is 0.285 e. The van der Waals surface area contributed by atoms with Crippen molar-refractivity contribution in [1.29, 1.82) is 0 Å². The van der Waals surface area contributed by atoms with Crippen LogP contribution >= 0.6 is 0 Å². The molecule has 1 aromatic rings. The summed E-state index contributed by atoms with van der Waals surface area (Å²) in [4.78, 5) is 0. The lowest BCUT2D eigenvalue weighted by Gasteiger charge is -2.33. The van der Waals surface area contributed by atoms with Crippen LogP contribution in [-0.4, -0.2) is 12.6 Å². The van der Waals surface area contributed by atoms with Crippen LogP contribution in [0.3, 0.4) is 0 Å². The number of alkyl halides is 2. The Hall–Kier alpha value is -0.960. The molecule has 1 atom stereocenters. The lowest BCUT2D eigenvalue weighted by Crippen LogP contribution is -2.42. The molecule has 1 saturated carbocycles. The van der Waals surface area contributed by atoms with Gasteiger partial charge in [-0.05, 0) is 25.7 Å². The Morgan fingerprint density at radius 2 is 1.94 bits per heavy atom. The highest BCUT2D eigenvalue weighted by atomic mass is 19.3. The van der Waals surface area contributed by atoms with E-state index in [0.717, 1.165) is 0 Å². The first-order valence-electron chi connectivity index (χ1n) is 6.26. The van der Waals surface area contributed by atoms with E-state index in [1.54, 1.807) is 18.2 Å². The minimum absolute atomic E-state index is 0.0910. The first kappa shape index (κ1) is 12.5. The minimum atomic E-state index is -2.78. The summed E-state index contributed by atoms with van der Waals surface area (Å²) >= 11 is 0. The average molecular weight is 239 g/mol. The Bertz CT molecular complexity index is 346. The maximum Gasteiger partial charge on any atom is 0.285 e. The van der Waals surface area contributed by atoms with Gasteiger partial charge in [0.15, 0.2) is 0 Å². The Kier molecular flexibility index (Phi) is 3.77. The second-order valence-corrected chi connectivity index (χ2v) is 4.93. The van der Waals surface area contributed by atoms with Gasteiger partial charge in [0.2, 0.25) is 0 Å². The van der Waals surface area contributed by atoms with Gasteiger partial charge in [-0.25, -0.2) is 0 Å². The van der Waals surface area contributed by atoms with Gasteiger partial charge >= 0.3 is 0 Å². The summed E-state index contributed by atoms with van der Waals surface area (Å²) in [6.45, 7) is 1.74. The molecule has 1 fully saturated rings. The first-order chi connectivity index (χ1) is 8.09. The van der Waals surface area contributed by atoms with Crippen molar-refractivity contribution < 1.29 is 8.78 Å². The molecule has 1 aromatic carbocycles. The zero-order valence-corrected chi connectivity index (χ0v) is 10.1. The zero-order valence-electron chi connectivity index (χ0n) is 10.1. The van der Waals surface area contributed by atoms with Crippen molar-refractivity contribution in [2.24, 2.45) is 5.92 Å². The van der Waals surface area contributed by atoms with Crippen LogP contribution in [0, 0.1) is 5.92 Å². The molecule has 1 N–H and O–H groups in total.